The number of nitrogens with one attached hydrogen (secondary N) is 3. The molecule has 0 saturated carbocycles. The van der Waals surface area contributed by atoms with Crippen LogP contribution in [-0.2, 0) is 6.54 Å². The molecule has 6 nitrogen and oxygen atoms in total. The molecule has 1 unspecified atom stereocenters. The number of anilines is 2. The maximum atomic E-state index is 11.2. The van der Waals surface area contributed by atoms with Gasteiger partial charge in [-0.05, 0) is 11.6 Å². The number of aliphatic hydroxyl groups is 2. The van der Waals surface area contributed by atoms with Crippen LogP contribution >= 0.6 is 0 Å². The van der Waals surface area contributed by atoms with Gasteiger partial charge in [0.2, 0.25) is 0 Å². The Morgan fingerprint density at radius 1 is 1.47 bits per heavy atom. The number of hydrogen-bond acceptors (Lipinski definition) is 4. The van der Waals surface area contributed by atoms with Crippen molar-refractivity contribution in [3.8, 4) is 0 Å². The van der Waals surface area contributed by atoms with Crippen LogP contribution in [0.3, 0.4) is 0 Å². The smallest absolute Gasteiger partial charge is 0.319 e. The number of benzene rings is 1. The van der Waals surface area contributed by atoms with E-state index in [1.807, 2.05) is 18.2 Å². The summed E-state index contributed by atoms with van der Waals surface area (Å²) in [6.45, 7) is 0.422. The third-order valence-corrected chi connectivity index (χ3v) is 2.57. The van der Waals surface area contributed by atoms with Crippen LogP contribution in [0.4, 0.5) is 16.2 Å². The van der Waals surface area contributed by atoms with Crippen molar-refractivity contribution in [1.29, 1.82) is 0 Å². The molecule has 1 heterocycles. The molecule has 5 N–H and O–H groups in total. The lowest BCUT2D eigenvalue weighted by molar-refractivity contribution is 0.105. The van der Waals surface area contributed by atoms with Gasteiger partial charge in [0, 0.05) is 13.1 Å². The summed E-state index contributed by atoms with van der Waals surface area (Å²) in [7, 11) is 0. The summed E-state index contributed by atoms with van der Waals surface area (Å²) in [5.74, 6) is 0. The van der Waals surface area contributed by atoms with Crippen molar-refractivity contribution in [3.63, 3.8) is 0 Å². The first-order chi connectivity index (χ1) is 8.20. The van der Waals surface area contributed by atoms with E-state index < -0.39 is 6.10 Å². The molecule has 0 spiro atoms. The third kappa shape index (κ3) is 2.66. The zero-order chi connectivity index (χ0) is 12.3. The van der Waals surface area contributed by atoms with Gasteiger partial charge in [0.15, 0.2) is 0 Å². The van der Waals surface area contributed by atoms with Crippen LogP contribution in [-0.4, -0.2) is 35.5 Å². The van der Waals surface area contributed by atoms with Crippen LogP contribution < -0.4 is 16.0 Å². The van der Waals surface area contributed by atoms with Crippen LogP contribution in [0.1, 0.15) is 5.56 Å². The number of carbonyl (C=O) groups is 1. The molecule has 1 atom stereocenters. The second-order valence-electron chi connectivity index (χ2n) is 3.86. The molecule has 0 fully saturated rings. The topological polar surface area (TPSA) is 93.6 Å². The van der Waals surface area contributed by atoms with E-state index in [4.69, 9.17) is 5.11 Å². The fraction of sp³-hybridized carbons (Fsp3) is 0.364. The monoisotopic (exact) mass is 237 g/mol. The van der Waals surface area contributed by atoms with Crippen LogP contribution in [0.25, 0.3) is 0 Å². The first kappa shape index (κ1) is 11.7. The molecule has 1 aromatic carbocycles. The number of carbonyl (C=O) groups excluding carboxylic acids is 1. The summed E-state index contributed by atoms with van der Waals surface area (Å²) in [4.78, 5) is 11.2. The summed E-state index contributed by atoms with van der Waals surface area (Å²) in [6.07, 6.45) is -0.816. The molecule has 0 aromatic heterocycles. The van der Waals surface area contributed by atoms with Crippen LogP contribution in [0.5, 0.6) is 0 Å². The lowest BCUT2D eigenvalue weighted by Gasteiger charge is -2.22. The predicted molar refractivity (Wildman–Crippen MR) is 63.9 cm³/mol. The molecule has 0 radical (unpaired) electrons. The number of aliphatic hydroxyl groups excluding tert-OH is 2. The molecule has 92 valence electrons. The number of para-hydroxylation sites is 1. The Morgan fingerprint density at radius 2 is 2.29 bits per heavy atom. The third-order valence-electron chi connectivity index (χ3n) is 2.57. The normalized spacial score (nSPS) is 15.5. The van der Waals surface area contributed by atoms with E-state index in [1.54, 1.807) is 0 Å². The minimum absolute atomic E-state index is 0.232. The number of fused-ring (bicyclic) bond motifs is 1. The van der Waals surface area contributed by atoms with E-state index in [1.165, 1.54) is 0 Å². The van der Waals surface area contributed by atoms with Gasteiger partial charge in [-0.1, -0.05) is 12.1 Å². The Morgan fingerprint density at radius 3 is 3.06 bits per heavy atom. The fourth-order valence-corrected chi connectivity index (χ4v) is 1.67. The summed E-state index contributed by atoms with van der Waals surface area (Å²) < 4.78 is 0. The van der Waals surface area contributed by atoms with Crippen LogP contribution in [0.2, 0.25) is 0 Å². The number of urea groups is 1. The standard InChI is InChI=1S/C11H15N3O3/c15-6-8(16)5-12-9-3-1-2-7-4-13-11(17)14-10(7)9/h1-3,8,12,15-16H,4-6H2,(H2,13,14,17). The van der Waals surface area contributed by atoms with Crippen molar-refractivity contribution >= 4 is 17.4 Å². The fourth-order valence-electron chi connectivity index (χ4n) is 1.67. The average Bonchev–Trinajstić information content (AvgIpc) is 2.35. The maximum absolute atomic E-state index is 11.2. The minimum Gasteiger partial charge on any atom is -0.394 e. The van der Waals surface area contributed by atoms with E-state index in [0.717, 1.165) is 16.9 Å². The van der Waals surface area contributed by atoms with Gasteiger partial charge >= 0.3 is 6.03 Å². The van der Waals surface area contributed by atoms with Gasteiger partial charge in [-0.25, -0.2) is 4.79 Å². The lowest BCUT2D eigenvalue weighted by atomic mass is 10.1. The van der Waals surface area contributed by atoms with Crippen molar-refractivity contribution in [1.82, 2.24) is 5.32 Å². The second kappa shape index (κ2) is 5.03. The lowest BCUT2D eigenvalue weighted by Crippen LogP contribution is -2.34. The van der Waals surface area contributed by atoms with Crippen molar-refractivity contribution in [2.24, 2.45) is 0 Å². The van der Waals surface area contributed by atoms with Gasteiger partial charge < -0.3 is 26.2 Å². The van der Waals surface area contributed by atoms with E-state index in [-0.39, 0.29) is 19.2 Å². The molecule has 17 heavy (non-hydrogen) atoms. The highest BCUT2D eigenvalue weighted by Crippen LogP contribution is 2.28. The van der Waals surface area contributed by atoms with E-state index in [0.29, 0.717) is 6.54 Å². The van der Waals surface area contributed by atoms with E-state index in [9.17, 15) is 9.90 Å². The van der Waals surface area contributed by atoms with Crippen molar-refractivity contribution < 1.29 is 15.0 Å². The minimum atomic E-state index is -0.816. The molecule has 0 saturated heterocycles. The molecule has 0 bridgehead atoms. The summed E-state index contributed by atoms with van der Waals surface area (Å²) >= 11 is 0. The Hall–Kier alpha value is -1.79. The first-order valence-electron chi connectivity index (χ1n) is 5.40. The average molecular weight is 237 g/mol. The van der Waals surface area contributed by atoms with Crippen molar-refractivity contribution in [2.75, 3.05) is 23.8 Å². The largest absolute Gasteiger partial charge is 0.394 e. The Balaban J connectivity index is 2.14. The first-order valence-corrected chi connectivity index (χ1v) is 5.40. The Bertz CT molecular complexity index is 422. The highest BCUT2D eigenvalue weighted by molar-refractivity contribution is 5.96. The summed E-state index contributed by atoms with van der Waals surface area (Å²) in [5, 5.41) is 26.4. The van der Waals surface area contributed by atoms with Gasteiger partial charge in [0.25, 0.3) is 0 Å². The molecular weight excluding hydrogens is 222 g/mol. The maximum Gasteiger partial charge on any atom is 0.319 e. The molecule has 0 aliphatic carbocycles. The summed E-state index contributed by atoms with van der Waals surface area (Å²) in [5.41, 5.74) is 2.44. The quantitative estimate of drug-likeness (QED) is 0.513. The van der Waals surface area contributed by atoms with Crippen LogP contribution in [0.15, 0.2) is 18.2 Å². The molecule has 1 aliphatic heterocycles. The predicted octanol–water partition coefficient (Wildman–Crippen LogP) is 0.0868. The highest BCUT2D eigenvalue weighted by Gasteiger charge is 2.16. The molecule has 2 rings (SSSR count). The molecule has 1 aromatic rings. The van der Waals surface area contributed by atoms with E-state index >= 15 is 0 Å². The van der Waals surface area contributed by atoms with E-state index in [2.05, 4.69) is 16.0 Å². The zero-order valence-electron chi connectivity index (χ0n) is 9.23. The van der Waals surface area contributed by atoms with Crippen LogP contribution in [0, 0.1) is 0 Å². The second-order valence-corrected chi connectivity index (χ2v) is 3.86. The highest BCUT2D eigenvalue weighted by atomic mass is 16.3. The number of rotatable bonds is 4. The van der Waals surface area contributed by atoms with Gasteiger partial charge in [-0.2, -0.15) is 0 Å². The molecule has 2 amide bonds. The SMILES string of the molecule is O=C1NCc2cccc(NCC(O)CO)c2N1. The molecular formula is C11H15N3O3. The van der Waals surface area contributed by atoms with Gasteiger partial charge in [0.1, 0.15) is 0 Å². The summed E-state index contributed by atoms with van der Waals surface area (Å²) in [6, 6.07) is 5.35. The Kier molecular flexibility index (Phi) is 3.46. The molecule has 6 heteroatoms. The zero-order valence-corrected chi connectivity index (χ0v) is 9.23. The van der Waals surface area contributed by atoms with Gasteiger partial charge in [0.05, 0.1) is 24.1 Å². The Labute approximate surface area is 98.6 Å². The van der Waals surface area contributed by atoms with Crippen molar-refractivity contribution in [3.05, 3.63) is 23.8 Å². The number of amides is 2. The van der Waals surface area contributed by atoms with Gasteiger partial charge in [-0.3, -0.25) is 0 Å². The van der Waals surface area contributed by atoms with Gasteiger partial charge in [-0.15, -0.1) is 0 Å². The molecule has 1 aliphatic rings. The van der Waals surface area contributed by atoms with Crippen molar-refractivity contribution in [2.45, 2.75) is 12.6 Å². The number of hydrogen-bond donors (Lipinski definition) is 5.